The van der Waals surface area contributed by atoms with Crippen LogP contribution in [0.3, 0.4) is 0 Å². The maximum absolute atomic E-state index is 12.8. The summed E-state index contributed by atoms with van der Waals surface area (Å²) in [6, 6.07) is 17.3. The second kappa shape index (κ2) is 9.85. The van der Waals surface area contributed by atoms with Crippen molar-refractivity contribution in [2.45, 2.75) is 45.8 Å². The zero-order valence-corrected chi connectivity index (χ0v) is 16.1. The fourth-order valence-electron chi connectivity index (χ4n) is 2.84. The fraction of sp³-hybridized carbons (Fsp3) is 0.409. The molecule has 0 unspecified atom stereocenters. The predicted molar refractivity (Wildman–Crippen MR) is 104 cm³/mol. The van der Waals surface area contributed by atoms with Gasteiger partial charge in [0, 0.05) is 0 Å². The van der Waals surface area contributed by atoms with Crippen LogP contribution in [-0.2, 0) is 4.79 Å². The SMILES string of the molecule is CC[C@H](Oc1ccccc1)C(=O)N[C@H](CC(C)C)c1ccc(OC)cc1. The number of amides is 1. The summed E-state index contributed by atoms with van der Waals surface area (Å²) in [4.78, 5) is 12.8. The van der Waals surface area contributed by atoms with Crippen LogP contribution in [0.25, 0.3) is 0 Å². The summed E-state index contributed by atoms with van der Waals surface area (Å²) in [5.74, 6) is 1.89. The maximum atomic E-state index is 12.8. The molecule has 0 saturated heterocycles. The lowest BCUT2D eigenvalue weighted by atomic mass is 9.96. The van der Waals surface area contributed by atoms with Gasteiger partial charge in [-0.2, -0.15) is 0 Å². The first-order valence-corrected chi connectivity index (χ1v) is 9.19. The van der Waals surface area contributed by atoms with Crippen LogP contribution in [0.5, 0.6) is 11.5 Å². The lowest BCUT2D eigenvalue weighted by molar-refractivity contribution is -0.129. The number of para-hydroxylation sites is 1. The van der Waals surface area contributed by atoms with Crippen LogP contribution >= 0.6 is 0 Å². The Morgan fingerprint density at radius 3 is 2.19 bits per heavy atom. The van der Waals surface area contributed by atoms with E-state index < -0.39 is 6.10 Å². The molecule has 2 aromatic rings. The van der Waals surface area contributed by atoms with Crippen molar-refractivity contribution in [2.24, 2.45) is 5.92 Å². The molecular weight excluding hydrogens is 326 g/mol. The second-order valence-corrected chi connectivity index (χ2v) is 6.79. The third-order valence-electron chi connectivity index (χ3n) is 4.23. The van der Waals surface area contributed by atoms with Gasteiger partial charge in [0.1, 0.15) is 11.5 Å². The van der Waals surface area contributed by atoms with Gasteiger partial charge in [-0.05, 0) is 48.6 Å². The summed E-state index contributed by atoms with van der Waals surface area (Å²) < 4.78 is 11.1. The van der Waals surface area contributed by atoms with E-state index >= 15 is 0 Å². The molecule has 2 aromatic carbocycles. The standard InChI is InChI=1S/C22H29NO3/c1-5-21(26-19-9-7-6-8-10-19)22(24)23-20(15-16(2)3)17-11-13-18(25-4)14-12-17/h6-14,16,20-21H,5,15H2,1-4H3,(H,23,24)/t20-,21+/m1/s1. The van der Waals surface area contributed by atoms with Crippen molar-refractivity contribution in [2.75, 3.05) is 7.11 Å². The zero-order chi connectivity index (χ0) is 18.9. The molecule has 0 aromatic heterocycles. The number of nitrogens with one attached hydrogen (secondary N) is 1. The van der Waals surface area contributed by atoms with Crippen molar-refractivity contribution in [3.63, 3.8) is 0 Å². The van der Waals surface area contributed by atoms with Crippen LogP contribution < -0.4 is 14.8 Å². The first kappa shape index (κ1) is 19.8. The highest BCUT2D eigenvalue weighted by Gasteiger charge is 2.23. The predicted octanol–water partition coefficient (Wildman–Crippen LogP) is 4.76. The van der Waals surface area contributed by atoms with Crippen LogP contribution in [0.2, 0.25) is 0 Å². The average Bonchev–Trinajstić information content (AvgIpc) is 2.66. The molecule has 1 N–H and O–H groups in total. The van der Waals surface area contributed by atoms with Gasteiger partial charge in [0.15, 0.2) is 6.10 Å². The van der Waals surface area contributed by atoms with Crippen LogP contribution in [0.4, 0.5) is 0 Å². The summed E-state index contributed by atoms with van der Waals surface area (Å²) >= 11 is 0. The number of rotatable bonds is 9. The van der Waals surface area contributed by atoms with Gasteiger partial charge in [-0.25, -0.2) is 0 Å². The molecule has 0 bridgehead atoms. The zero-order valence-electron chi connectivity index (χ0n) is 16.1. The molecule has 0 aliphatic rings. The van der Waals surface area contributed by atoms with Crippen molar-refractivity contribution in [3.8, 4) is 11.5 Å². The van der Waals surface area contributed by atoms with Gasteiger partial charge in [0.2, 0.25) is 0 Å². The van der Waals surface area contributed by atoms with E-state index in [-0.39, 0.29) is 11.9 Å². The van der Waals surface area contributed by atoms with E-state index in [4.69, 9.17) is 9.47 Å². The molecule has 0 aliphatic heterocycles. The van der Waals surface area contributed by atoms with Gasteiger partial charge in [-0.1, -0.05) is 51.1 Å². The first-order valence-electron chi connectivity index (χ1n) is 9.19. The average molecular weight is 355 g/mol. The van der Waals surface area contributed by atoms with Gasteiger partial charge in [-0.15, -0.1) is 0 Å². The minimum atomic E-state index is -0.509. The number of carbonyl (C=O) groups is 1. The molecule has 0 spiro atoms. The number of ether oxygens (including phenoxy) is 2. The summed E-state index contributed by atoms with van der Waals surface area (Å²) in [5, 5.41) is 3.17. The highest BCUT2D eigenvalue weighted by molar-refractivity contribution is 5.81. The molecular formula is C22H29NO3. The van der Waals surface area contributed by atoms with Crippen molar-refractivity contribution in [1.82, 2.24) is 5.32 Å². The molecule has 2 rings (SSSR count). The highest BCUT2D eigenvalue weighted by Crippen LogP contribution is 2.24. The van der Waals surface area contributed by atoms with Crippen molar-refractivity contribution >= 4 is 5.91 Å². The van der Waals surface area contributed by atoms with Crippen LogP contribution in [0.1, 0.15) is 45.2 Å². The molecule has 26 heavy (non-hydrogen) atoms. The van der Waals surface area contributed by atoms with Crippen molar-refractivity contribution in [3.05, 3.63) is 60.2 Å². The Labute approximate surface area is 156 Å². The Morgan fingerprint density at radius 2 is 1.65 bits per heavy atom. The third kappa shape index (κ3) is 5.80. The van der Waals surface area contributed by atoms with E-state index in [1.165, 1.54) is 0 Å². The van der Waals surface area contributed by atoms with E-state index in [1.54, 1.807) is 7.11 Å². The smallest absolute Gasteiger partial charge is 0.261 e. The molecule has 4 heteroatoms. The molecule has 2 atom stereocenters. The quantitative estimate of drug-likeness (QED) is 0.706. The van der Waals surface area contributed by atoms with E-state index in [0.717, 1.165) is 17.7 Å². The Bertz CT molecular complexity index is 668. The van der Waals surface area contributed by atoms with Gasteiger partial charge in [0.05, 0.1) is 13.2 Å². The van der Waals surface area contributed by atoms with Crippen LogP contribution in [-0.4, -0.2) is 19.1 Å². The largest absolute Gasteiger partial charge is 0.497 e. The van der Waals surface area contributed by atoms with Gasteiger partial charge in [-0.3, -0.25) is 4.79 Å². The monoisotopic (exact) mass is 355 g/mol. The lowest BCUT2D eigenvalue weighted by Gasteiger charge is -2.24. The first-order chi connectivity index (χ1) is 12.5. The Balaban J connectivity index is 2.10. The summed E-state index contributed by atoms with van der Waals surface area (Å²) in [6.07, 6.45) is 0.961. The Morgan fingerprint density at radius 1 is 1.00 bits per heavy atom. The number of benzene rings is 2. The number of methoxy groups -OCH3 is 1. The number of hydrogen-bond donors (Lipinski definition) is 1. The maximum Gasteiger partial charge on any atom is 0.261 e. The van der Waals surface area contributed by atoms with E-state index in [1.807, 2.05) is 61.5 Å². The van der Waals surface area contributed by atoms with Gasteiger partial charge >= 0.3 is 0 Å². The minimum absolute atomic E-state index is 0.0539. The third-order valence-corrected chi connectivity index (χ3v) is 4.23. The van der Waals surface area contributed by atoms with E-state index in [2.05, 4.69) is 19.2 Å². The van der Waals surface area contributed by atoms with Gasteiger partial charge < -0.3 is 14.8 Å². The number of carbonyl (C=O) groups excluding carboxylic acids is 1. The molecule has 0 saturated carbocycles. The van der Waals surface area contributed by atoms with Crippen LogP contribution in [0.15, 0.2) is 54.6 Å². The van der Waals surface area contributed by atoms with Crippen molar-refractivity contribution in [1.29, 1.82) is 0 Å². The Kier molecular flexibility index (Phi) is 7.52. The molecule has 4 nitrogen and oxygen atoms in total. The van der Waals surface area contributed by atoms with E-state index in [0.29, 0.717) is 18.1 Å². The highest BCUT2D eigenvalue weighted by atomic mass is 16.5. The second-order valence-electron chi connectivity index (χ2n) is 6.79. The molecule has 0 aliphatic carbocycles. The lowest BCUT2D eigenvalue weighted by Crippen LogP contribution is -2.40. The van der Waals surface area contributed by atoms with Crippen LogP contribution in [0, 0.1) is 5.92 Å². The Hall–Kier alpha value is -2.49. The fourth-order valence-corrected chi connectivity index (χ4v) is 2.84. The summed E-state index contributed by atoms with van der Waals surface area (Å²) in [5.41, 5.74) is 1.07. The topological polar surface area (TPSA) is 47.6 Å². The van der Waals surface area contributed by atoms with E-state index in [9.17, 15) is 4.79 Å². The van der Waals surface area contributed by atoms with Crippen molar-refractivity contribution < 1.29 is 14.3 Å². The molecule has 140 valence electrons. The molecule has 0 heterocycles. The van der Waals surface area contributed by atoms with Gasteiger partial charge in [0.25, 0.3) is 5.91 Å². The molecule has 0 radical (unpaired) electrons. The summed E-state index contributed by atoms with van der Waals surface area (Å²) in [6.45, 7) is 6.26. The molecule has 0 fully saturated rings. The molecule has 1 amide bonds. The summed E-state index contributed by atoms with van der Waals surface area (Å²) in [7, 11) is 1.65. The normalized spacial score (nSPS) is 13.1. The number of hydrogen-bond acceptors (Lipinski definition) is 3. The minimum Gasteiger partial charge on any atom is -0.497 e.